The summed E-state index contributed by atoms with van der Waals surface area (Å²) in [6.45, 7) is 3.63. The van der Waals surface area contributed by atoms with E-state index in [0.29, 0.717) is 12.1 Å². The van der Waals surface area contributed by atoms with Gasteiger partial charge in [-0.3, -0.25) is 4.98 Å². The Kier molecular flexibility index (Phi) is 6.06. The summed E-state index contributed by atoms with van der Waals surface area (Å²) in [7, 11) is 4.12. The first kappa shape index (κ1) is 19.6. The average molecular weight is 375 g/mol. The Balaban J connectivity index is 1.68. The molecule has 0 aliphatic carbocycles. The van der Waals surface area contributed by atoms with Gasteiger partial charge in [0, 0.05) is 18.5 Å². The fraction of sp³-hybridized carbons (Fsp3) is 0.217. The van der Waals surface area contributed by atoms with Crippen molar-refractivity contribution >= 4 is 28.6 Å². The van der Waals surface area contributed by atoms with Gasteiger partial charge in [-0.05, 0) is 62.5 Å². The topological polar surface area (TPSA) is 65.5 Å². The SMILES string of the molecule is C/C(=C\c1ccc(C(=O)O)cc1)CNc1cnc2ccc(CN(C)C)cc2c1. The summed E-state index contributed by atoms with van der Waals surface area (Å²) in [5.41, 5.74) is 5.64. The van der Waals surface area contributed by atoms with Crippen LogP contribution in [-0.4, -0.2) is 41.6 Å². The van der Waals surface area contributed by atoms with E-state index in [1.54, 1.807) is 12.1 Å². The fourth-order valence-electron chi connectivity index (χ4n) is 3.04. The summed E-state index contributed by atoms with van der Waals surface area (Å²) < 4.78 is 0. The molecule has 0 bridgehead atoms. The van der Waals surface area contributed by atoms with Crippen LogP contribution < -0.4 is 5.32 Å². The Hall–Kier alpha value is -3.18. The zero-order valence-electron chi connectivity index (χ0n) is 16.4. The number of rotatable bonds is 7. The zero-order valence-corrected chi connectivity index (χ0v) is 16.4. The van der Waals surface area contributed by atoms with E-state index < -0.39 is 5.97 Å². The zero-order chi connectivity index (χ0) is 20.1. The maximum atomic E-state index is 10.9. The number of benzene rings is 2. The van der Waals surface area contributed by atoms with Crippen molar-refractivity contribution in [3.63, 3.8) is 0 Å². The molecule has 28 heavy (non-hydrogen) atoms. The van der Waals surface area contributed by atoms with Crippen LogP contribution in [0.5, 0.6) is 0 Å². The van der Waals surface area contributed by atoms with Crippen LogP contribution >= 0.6 is 0 Å². The number of hydrogen-bond donors (Lipinski definition) is 2. The molecule has 0 amide bonds. The Morgan fingerprint density at radius 3 is 2.57 bits per heavy atom. The molecule has 0 spiro atoms. The summed E-state index contributed by atoms with van der Waals surface area (Å²) in [6, 6.07) is 15.3. The lowest BCUT2D eigenvalue weighted by Gasteiger charge is -2.11. The van der Waals surface area contributed by atoms with Crippen LogP contribution in [0.15, 0.2) is 60.3 Å². The molecular formula is C23H25N3O2. The van der Waals surface area contributed by atoms with Crippen molar-refractivity contribution in [2.45, 2.75) is 13.5 Å². The molecule has 1 heterocycles. The van der Waals surface area contributed by atoms with Gasteiger partial charge in [0.05, 0.1) is 23.0 Å². The van der Waals surface area contributed by atoms with Crippen molar-refractivity contribution in [3.8, 4) is 0 Å². The van der Waals surface area contributed by atoms with Crippen LogP contribution in [0.4, 0.5) is 5.69 Å². The van der Waals surface area contributed by atoms with E-state index in [2.05, 4.69) is 53.6 Å². The van der Waals surface area contributed by atoms with Crippen molar-refractivity contribution in [3.05, 3.63) is 77.0 Å². The molecule has 0 unspecified atom stereocenters. The highest BCUT2D eigenvalue weighted by molar-refractivity contribution is 5.87. The Bertz CT molecular complexity index is 1010. The highest BCUT2D eigenvalue weighted by Gasteiger charge is 2.03. The van der Waals surface area contributed by atoms with E-state index in [9.17, 15) is 4.79 Å². The van der Waals surface area contributed by atoms with E-state index in [1.165, 1.54) is 5.56 Å². The third-order valence-corrected chi connectivity index (χ3v) is 4.39. The molecule has 144 valence electrons. The number of anilines is 1. The highest BCUT2D eigenvalue weighted by Crippen LogP contribution is 2.19. The Morgan fingerprint density at radius 1 is 1.14 bits per heavy atom. The summed E-state index contributed by atoms with van der Waals surface area (Å²) in [5, 5.41) is 13.5. The standard InChI is InChI=1S/C23H25N3O2/c1-16(10-17-4-7-19(8-5-17)23(27)28)13-24-21-12-20-11-18(15-26(2)3)6-9-22(20)25-14-21/h4-12,14,24H,13,15H2,1-3H3,(H,27,28)/b16-10+. The molecule has 0 saturated heterocycles. The van der Waals surface area contributed by atoms with E-state index in [1.807, 2.05) is 31.3 Å². The Labute approximate surface area is 165 Å². The summed E-state index contributed by atoms with van der Waals surface area (Å²) in [6.07, 6.45) is 3.89. The van der Waals surface area contributed by atoms with Gasteiger partial charge in [-0.2, -0.15) is 0 Å². The largest absolute Gasteiger partial charge is 0.478 e. The second kappa shape index (κ2) is 8.67. The van der Waals surface area contributed by atoms with Gasteiger partial charge in [-0.1, -0.05) is 29.8 Å². The van der Waals surface area contributed by atoms with E-state index >= 15 is 0 Å². The van der Waals surface area contributed by atoms with Crippen LogP contribution in [0.2, 0.25) is 0 Å². The number of pyridine rings is 1. The van der Waals surface area contributed by atoms with Crippen LogP contribution in [0.25, 0.3) is 17.0 Å². The minimum absolute atomic E-state index is 0.295. The first-order chi connectivity index (χ1) is 13.4. The molecule has 3 rings (SSSR count). The lowest BCUT2D eigenvalue weighted by Crippen LogP contribution is -2.10. The summed E-state index contributed by atoms with van der Waals surface area (Å²) in [5.74, 6) is -0.911. The molecule has 3 aromatic rings. The van der Waals surface area contributed by atoms with Crippen molar-refractivity contribution in [1.29, 1.82) is 0 Å². The number of carboxylic acids is 1. The third-order valence-electron chi connectivity index (χ3n) is 4.39. The Morgan fingerprint density at radius 2 is 1.89 bits per heavy atom. The van der Waals surface area contributed by atoms with Gasteiger partial charge in [-0.25, -0.2) is 4.79 Å². The molecule has 5 heteroatoms. The quantitative estimate of drug-likeness (QED) is 0.636. The molecule has 5 nitrogen and oxygen atoms in total. The first-order valence-electron chi connectivity index (χ1n) is 9.18. The lowest BCUT2D eigenvalue weighted by molar-refractivity contribution is 0.0697. The second-order valence-corrected chi connectivity index (χ2v) is 7.26. The number of nitrogens with one attached hydrogen (secondary N) is 1. The van der Waals surface area contributed by atoms with Gasteiger partial charge in [0.25, 0.3) is 0 Å². The van der Waals surface area contributed by atoms with Gasteiger partial charge >= 0.3 is 5.97 Å². The molecule has 1 aromatic heterocycles. The van der Waals surface area contributed by atoms with Crippen LogP contribution in [0.3, 0.4) is 0 Å². The van der Waals surface area contributed by atoms with Gasteiger partial charge in [-0.15, -0.1) is 0 Å². The van der Waals surface area contributed by atoms with E-state index in [-0.39, 0.29) is 0 Å². The minimum atomic E-state index is -0.911. The average Bonchev–Trinajstić information content (AvgIpc) is 2.66. The van der Waals surface area contributed by atoms with E-state index in [4.69, 9.17) is 5.11 Å². The predicted octanol–water partition coefficient (Wildman–Crippen LogP) is 4.51. The molecule has 0 atom stereocenters. The predicted molar refractivity (Wildman–Crippen MR) is 115 cm³/mol. The van der Waals surface area contributed by atoms with Gasteiger partial charge in [0.15, 0.2) is 0 Å². The third kappa shape index (κ3) is 5.18. The minimum Gasteiger partial charge on any atom is -0.478 e. The van der Waals surface area contributed by atoms with Crippen molar-refractivity contribution in [2.24, 2.45) is 0 Å². The maximum absolute atomic E-state index is 10.9. The summed E-state index contributed by atoms with van der Waals surface area (Å²) >= 11 is 0. The van der Waals surface area contributed by atoms with Crippen molar-refractivity contribution < 1.29 is 9.90 Å². The van der Waals surface area contributed by atoms with Gasteiger partial charge in [0.1, 0.15) is 0 Å². The number of carboxylic acid groups (broad SMARTS) is 1. The molecule has 0 aliphatic heterocycles. The smallest absolute Gasteiger partial charge is 0.335 e. The number of aromatic nitrogens is 1. The highest BCUT2D eigenvalue weighted by atomic mass is 16.4. The molecule has 0 saturated carbocycles. The van der Waals surface area contributed by atoms with E-state index in [0.717, 1.165) is 34.3 Å². The number of carbonyl (C=O) groups is 1. The summed E-state index contributed by atoms with van der Waals surface area (Å²) in [4.78, 5) is 17.6. The van der Waals surface area contributed by atoms with Gasteiger partial charge in [0.2, 0.25) is 0 Å². The first-order valence-corrected chi connectivity index (χ1v) is 9.18. The van der Waals surface area contributed by atoms with Crippen molar-refractivity contribution in [1.82, 2.24) is 9.88 Å². The molecule has 0 radical (unpaired) electrons. The molecule has 0 fully saturated rings. The van der Waals surface area contributed by atoms with Crippen LogP contribution in [0.1, 0.15) is 28.4 Å². The number of fused-ring (bicyclic) bond motifs is 1. The maximum Gasteiger partial charge on any atom is 0.335 e. The number of aromatic carboxylic acids is 1. The molecule has 2 aromatic carbocycles. The molecule has 2 N–H and O–H groups in total. The molecular weight excluding hydrogens is 350 g/mol. The van der Waals surface area contributed by atoms with Gasteiger partial charge < -0.3 is 15.3 Å². The van der Waals surface area contributed by atoms with Crippen LogP contribution in [-0.2, 0) is 6.54 Å². The van der Waals surface area contributed by atoms with Crippen LogP contribution in [0, 0.1) is 0 Å². The monoisotopic (exact) mass is 375 g/mol. The second-order valence-electron chi connectivity index (χ2n) is 7.26. The number of hydrogen-bond acceptors (Lipinski definition) is 4. The lowest BCUT2D eigenvalue weighted by atomic mass is 10.1. The van der Waals surface area contributed by atoms with Crippen molar-refractivity contribution in [2.75, 3.05) is 26.0 Å². The normalized spacial score (nSPS) is 11.8. The molecule has 0 aliphatic rings. The fourth-order valence-corrected chi connectivity index (χ4v) is 3.04. The number of nitrogens with zero attached hydrogens (tertiary/aromatic N) is 2.